The second-order valence-corrected chi connectivity index (χ2v) is 3.49. The van der Waals surface area contributed by atoms with Crippen LogP contribution in [0.3, 0.4) is 0 Å². The average Bonchev–Trinajstić information content (AvgIpc) is 2.35. The summed E-state index contributed by atoms with van der Waals surface area (Å²) in [5, 5.41) is 9.44. The van der Waals surface area contributed by atoms with Crippen LogP contribution < -0.4 is 10.5 Å². The SMILES string of the molecule is CCc1cc(Oc2cccc(O)c2N)ncn1. The van der Waals surface area contributed by atoms with Gasteiger partial charge in [-0.2, -0.15) is 0 Å². The second kappa shape index (κ2) is 4.69. The third-order valence-corrected chi connectivity index (χ3v) is 2.32. The molecule has 2 aromatic rings. The van der Waals surface area contributed by atoms with Gasteiger partial charge >= 0.3 is 0 Å². The topological polar surface area (TPSA) is 81.3 Å². The predicted molar refractivity (Wildman–Crippen MR) is 64.0 cm³/mol. The van der Waals surface area contributed by atoms with Gasteiger partial charge in [-0.3, -0.25) is 0 Å². The first kappa shape index (κ1) is 11.2. The molecule has 5 nitrogen and oxygen atoms in total. The number of rotatable bonds is 3. The molecule has 1 aromatic carbocycles. The molecule has 17 heavy (non-hydrogen) atoms. The van der Waals surface area contributed by atoms with Gasteiger partial charge in [0.2, 0.25) is 5.88 Å². The highest BCUT2D eigenvalue weighted by molar-refractivity contribution is 5.62. The zero-order valence-electron chi connectivity index (χ0n) is 9.42. The van der Waals surface area contributed by atoms with E-state index in [1.54, 1.807) is 18.2 Å². The van der Waals surface area contributed by atoms with Gasteiger partial charge in [0, 0.05) is 11.8 Å². The molecule has 1 aromatic heterocycles. The Bertz CT molecular complexity index is 529. The van der Waals surface area contributed by atoms with E-state index >= 15 is 0 Å². The van der Waals surface area contributed by atoms with Crippen molar-refractivity contribution in [2.75, 3.05) is 5.73 Å². The van der Waals surface area contributed by atoms with Gasteiger partial charge in [0.1, 0.15) is 17.8 Å². The Hall–Kier alpha value is -2.30. The molecule has 0 aliphatic carbocycles. The molecular formula is C12H13N3O2. The lowest BCUT2D eigenvalue weighted by molar-refractivity contribution is 0.448. The van der Waals surface area contributed by atoms with Crippen molar-refractivity contribution in [1.29, 1.82) is 0 Å². The van der Waals surface area contributed by atoms with Crippen LogP contribution in [0.15, 0.2) is 30.6 Å². The molecular weight excluding hydrogens is 218 g/mol. The molecule has 2 rings (SSSR count). The monoisotopic (exact) mass is 231 g/mol. The first-order chi connectivity index (χ1) is 8.20. The van der Waals surface area contributed by atoms with Crippen molar-refractivity contribution < 1.29 is 9.84 Å². The Morgan fingerprint density at radius 2 is 2.18 bits per heavy atom. The molecule has 0 saturated heterocycles. The molecule has 0 unspecified atom stereocenters. The Morgan fingerprint density at radius 1 is 1.35 bits per heavy atom. The van der Waals surface area contributed by atoms with E-state index in [1.807, 2.05) is 6.92 Å². The van der Waals surface area contributed by atoms with E-state index in [2.05, 4.69) is 9.97 Å². The summed E-state index contributed by atoms with van der Waals surface area (Å²) in [6.45, 7) is 1.99. The number of aromatic nitrogens is 2. The zero-order valence-corrected chi connectivity index (χ0v) is 9.42. The van der Waals surface area contributed by atoms with Crippen molar-refractivity contribution >= 4 is 5.69 Å². The van der Waals surface area contributed by atoms with Gasteiger partial charge in [-0.05, 0) is 18.6 Å². The maximum Gasteiger partial charge on any atom is 0.222 e. The molecule has 0 atom stereocenters. The van der Waals surface area contributed by atoms with E-state index < -0.39 is 0 Å². The number of phenols is 1. The molecule has 3 N–H and O–H groups in total. The second-order valence-electron chi connectivity index (χ2n) is 3.49. The minimum Gasteiger partial charge on any atom is -0.506 e. The summed E-state index contributed by atoms with van der Waals surface area (Å²) in [4.78, 5) is 8.05. The summed E-state index contributed by atoms with van der Waals surface area (Å²) in [6, 6.07) is 6.56. The molecule has 0 bridgehead atoms. The summed E-state index contributed by atoms with van der Waals surface area (Å²) in [7, 11) is 0. The number of aromatic hydroxyl groups is 1. The van der Waals surface area contributed by atoms with Gasteiger partial charge in [0.25, 0.3) is 0 Å². The highest BCUT2D eigenvalue weighted by atomic mass is 16.5. The Morgan fingerprint density at radius 3 is 2.94 bits per heavy atom. The first-order valence-corrected chi connectivity index (χ1v) is 5.27. The van der Waals surface area contributed by atoms with E-state index in [4.69, 9.17) is 10.5 Å². The molecule has 0 radical (unpaired) electrons. The minimum absolute atomic E-state index is 0.00716. The van der Waals surface area contributed by atoms with Crippen LogP contribution in [0.1, 0.15) is 12.6 Å². The molecule has 0 aliphatic heterocycles. The summed E-state index contributed by atoms with van der Waals surface area (Å²) < 4.78 is 5.50. The Balaban J connectivity index is 2.28. The van der Waals surface area contributed by atoms with Crippen LogP contribution in [0.4, 0.5) is 5.69 Å². The van der Waals surface area contributed by atoms with E-state index in [0.29, 0.717) is 11.6 Å². The maximum absolute atomic E-state index is 9.44. The molecule has 88 valence electrons. The fourth-order valence-electron chi connectivity index (χ4n) is 1.36. The number of nitrogens with zero attached hydrogens (tertiary/aromatic N) is 2. The van der Waals surface area contributed by atoms with E-state index in [-0.39, 0.29) is 11.4 Å². The molecule has 0 amide bonds. The molecule has 5 heteroatoms. The number of hydrogen-bond acceptors (Lipinski definition) is 5. The fourth-order valence-corrected chi connectivity index (χ4v) is 1.36. The van der Waals surface area contributed by atoms with Crippen LogP contribution in [0.5, 0.6) is 17.4 Å². The van der Waals surface area contributed by atoms with Crippen molar-refractivity contribution in [2.24, 2.45) is 0 Å². The highest BCUT2D eigenvalue weighted by Crippen LogP contribution is 2.32. The summed E-state index contributed by atoms with van der Waals surface area (Å²) in [6.07, 6.45) is 2.24. The van der Waals surface area contributed by atoms with Crippen LogP contribution >= 0.6 is 0 Å². The lowest BCUT2D eigenvalue weighted by atomic mass is 10.3. The normalized spacial score (nSPS) is 10.2. The van der Waals surface area contributed by atoms with Gasteiger partial charge < -0.3 is 15.6 Å². The lowest BCUT2D eigenvalue weighted by Crippen LogP contribution is -1.96. The number of aryl methyl sites for hydroxylation is 1. The third kappa shape index (κ3) is 2.44. The molecule has 0 saturated carbocycles. The standard InChI is InChI=1S/C12H13N3O2/c1-2-8-6-11(15-7-14-8)17-10-5-3-4-9(16)12(10)13/h3-7,16H,2,13H2,1H3. The number of anilines is 1. The highest BCUT2D eigenvalue weighted by Gasteiger charge is 2.07. The number of phenolic OH excluding ortho intramolecular Hbond substituents is 1. The Kier molecular flexibility index (Phi) is 3.09. The van der Waals surface area contributed by atoms with Crippen molar-refractivity contribution in [3.8, 4) is 17.4 Å². The van der Waals surface area contributed by atoms with Gasteiger partial charge in [-0.25, -0.2) is 9.97 Å². The molecule has 0 fully saturated rings. The van der Waals surface area contributed by atoms with Crippen LogP contribution in [0.2, 0.25) is 0 Å². The number of para-hydroxylation sites is 1. The average molecular weight is 231 g/mol. The Labute approximate surface area is 98.9 Å². The van der Waals surface area contributed by atoms with Gasteiger partial charge in [-0.15, -0.1) is 0 Å². The number of ether oxygens (including phenoxy) is 1. The van der Waals surface area contributed by atoms with E-state index in [0.717, 1.165) is 12.1 Å². The van der Waals surface area contributed by atoms with Crippen molar-refractivity contribution in [2.45, 2.75) is 13.3 Å². The minimum atomic E-state index is -0.00716. The maximum atomic E-state index is 9.44. The van der Waals surface area contributed by atoms with Crippen molar-refractivity contribution in [3.05, 3.63) is 36.3 Å². The van der Waals surface area contributed by atoms with Gasteiger partial charge in [0.05, 0.1) is 0 Å². The number of nitrogens with two attached hydrogens (primary N) is 1. The zero-order chi connectivity index (χ0) is 12.3. The van der Waals surface area contributed by atoms with Crippen LogP contribution in [0, 0.1) is 0 Å². The number of nitrogen functional groups attached to an aromatic ring is 1. The van der Waals surface area contributed by atoms with Crippen LogP contribution in [-0.4, -0.2) is 15.1 Å². The number of hydrogen-bond donors (Lipinski definition) is 2. The first-order valence-electron chi connectivity index (χ1n) is 5.27. The van der Waals surface area contributed by atoms with Crippen LogP contribution in [-0.2, 0) is 6.42 Å². The van der Waals surface area contributed by atoms with Gasteiger partial charge in [0.15, 0.2) is 5.75 Å². The smallest absolute Gasteiger partial charge is 0.222 e. The molecule has 0 aliphatic rings. The van der Waals surface area contributed by atoms with Crippen molar-refractivity contribution in [1.82, 2.24) is 9.97 Å². The molecule has 1 heterocycles. The third-order valence-electron chi connectivity index (χ3n) is 2.32. The number of benzene rings is 1. The predicted octanol–water partition coefficient (Wildman–Crippen LogP) is 2.12. The quantitative estimate of drug-likeness (QED) is 0.624. The summed E-state index contributed by atoms with van der Waals surface area (Å²) >= 11 is 0. The largest absolute Gasteiger partial charge is 0.506 e. The van der Waals surface area contributed by atoms with E-state index in [1.165, 1.54) is 12.4 Å². The summed E-state index contributed by atoms with van der Waals surface area (Å²) in [5.41, 5.74) is 6.76. The summed E-state index contributed by atoms with van der Waals surface area (Å²) in [5.74, 6) is 0.784. The van der Waals surface area contributed by atoms with Gasteiger partial charge in [-0.1, -0.05) is 13.0 Å². The van der Waals surface area contributed by atoms with Crippen LogP contribution in [0.25, 0.3) is 0 Å². The van der Waals surface area contributed by atoms with Crippen molar-refractivity contribution in [3.63, 3.8) is 0 Å². The fraction of sp³-hybridized carbons (Fsp3) is 0.167. The molecule has 0 spiro atoms. The van der Waals surface area contributed by atoms with E-state index in [9.17, 15) is 5.11 Å². The lowest BCUT2D eigenvalue weighted by Gasteiger charge is -2.08.